The fourth-order valence-corrected chi connectivity index (χ4v) is 2.96. The molecule has 8 heteroatoms. The Labute approximate surface area is 190 Å². The van der Waals surface area contributed by atoms with E-state index < -0.39 is 11.9 Å². The summed E-state index contributed by atoms with van der Waals surface area (Å²) in [5.41, 5.74) is 2.10. The summed E-state index contributed by atoms with van der Waals surface area (Å²) < 4.78 is 16.5. The number of ether oxygens (including phenoxy) is 2. The predicted molar refractivity (Wildman–Crippen MR) is 121 cm³/mol. The molecule has 1 aromatic heterocycles. The standard InChI is InChI=1S/C25H22N2O6/c1-3-31-23-13-17(7-9-21(23)32-15-20-8-10-22(33-20)25(29)30)12-18(14-26)24(28)27-19-6-4-5-16(2)11-19/h4-13H,3,15H2,1-2H3,(H,27,28)(H,29,30). The highest BCUT2D eigenvalue weighted by Crippen LogP contribution is 2.30. The van der Waals surface area contributed by atoms with Crippen LogP contribution in [0.1, 0.15) is 34.4 Å². The molecule has 0 aliphatic heterocycles. The van der Waals surface area contributed by atoms with Crippen LogP contribution >= 0.6 is 0 Å². The molecular formula is C25H22N2O6. The second-order valence-electron chi connectivity index (χ2n) is 6.99. The Morgan fingerprint density at radius 2 is 1.94 bits per heavy atom. The highest BCUT2D eigenvalue weighted by atomic mass is 16.5. The zero-order valence-corrected chi connectivity index (χ0v) is 18.1. The molecular weight excluding hydrogens is 424 g/mol. The number of carbonyl (C=O) groups is 2. The molecule has 3 rings (SSSR count). The molecule has 2 aromatic carbocycles. The number of hydrogen-bond donors (Lipinski definition) is 2. The number of benzene rings is 2. The van der Waals surface area contributed by atoms with Crippen LogP contribution in [0.4, 0.5) is 5.69 Å². The first-order valence-electron chi connectivity index (χ1n) is 10.1. The van der Waals surface area contributed by atoms with Crippen molar-refractivity contribution < 1.29 is 28.6 Å². The van der Waals surface area contributed by atoms with Gasteiger partial charge in [-0.1, -0.05) is 18.2 Å². The second kappa shape index (κ2) is 10.7. The predicted octanol–water partition coefficient (Wildman–Crippen LogP) is 4.81. The van der Waals surface area contributed by atoms with Crippen LogP contribution in [0.3, 0.4) is 0 Å². The molecule has 0 radical (unpaired) electrons. The van der Waals surface area contributed by atoms with Crippen LogP contribution in [0, 0.1) is 18.3 Å². The van der Waals surface area contributed by atoms with Gasteiger partial charge in [-0.15, -0.1) is 0 Å². The largest absolute Gasteiger partial charge is 0.490 e. The van der Waals surface area contributed by atoms with Crippen LogP contribution in [0.5, 0.6) is 11.5 Å². The van der Waals surface area contributed by atoms with Crippen molar-refractivity contribution in [3.05, 3.63) is 82.8 Å². The summed E-state index contributed by atoms with van der Waals surface area (Å²) >= 11 is 0. The fraction of sp³-hybridized carbons (Fsp3) is 0.160. The van der Waals surface area contributed by atoms with E-state index in [2.05, 4.69) is 5.32 Å². The Morgan fingerprint density at radius 1 is 1.12 bits per heavy atom. The lowest BCUT2D eigenvalue weighted by molar-refractivity contribution is -0.112. The van der Waals surface area contributed by atoms with Crippen molar-refractivity contribution >= 4 is 23.6 Å². The number of furan rings is 1. The normalized spacial score (nSPS) is 10.9. The van der Waals surface area contributed by atoms with Gasteiger partial charge >= 0.3 is 5.97 Å². The third-order valence-electron chi connectivity index (χ3n) is 4.46. The lowest BCUT2D eigenvalue weighted by Gasteiger charge is -2.12. The monoisotopic (exact) mass is 446 g/mol. The number of carboxylic acid groups (broad SMARTS) is 1. The topological polar surface area (TPSA) is 122 Å². The van der Waals surface area contributed by atoms with Gasteiger partial charge in [0, 0.05) is 5.69 Å². The van der Waals surface area contributed by atoms with E-state index in [1.54, 1.807) is 24.3 Å². The summed E-state index contributed by atoms with van der Waals surface area (Å²) in [6.45, 7) is 4.10. The number of nitrogens with one attached hydrogen (secondary N) is 1. The van der Waals surface area contributed by atoms with E-state index in [1.165, 1.54) is 18.2 Å². The number of carbonyl (C=O) groups excluding carboxylic acids is 1. The Morgan fingerprint density at radius 3 is 2.61 bits per heavy atom. The van der Waals surface area contributed by atoms with Crippen molar-refractivity contribution in [2.24, 2.45) is 0 Å². The minimum Gasteiger partial charge on any atom is -0.490 e. The van der Waals surface area contributed by atoms with E-state index in [4.69, 9.17) is 19.0 Å². The molecule has 2 N–H and O–H groups in total. The first-order valence-corrected chi connectivity index (χ1v) is 10.1. The Kier molecular flexibility index (Phi) is 7.50. The number of aromatic carboxylic acids is 1. The number of anilines is 1. The van der Waals surface area contributed by atoms with Crippen LogP contribution in [0.25, 0.3) is 6.08 Å². The van der Waals surface area contributed by atoms with Gasteiger partial charge in [0.25, 0.3) is 5.91 Å². The first kappa shape index (κ1) is 23.2. The number of rotatable bonds is 9. The van der Waals surface area contributed by atoms with Crippen molar-refractivity contribution in [3.8, 4) is 17.6 Å². The van der Waals surface area contributed by atoms with Crippen molar-refractivity contribution in [2.45, 2.75) is 20.5 Å². The number of aryl methyl sites for hydroxylation is 1. The zero-order chi connectivity index (χ0) is 23.8. The van der Waals surface area contributed by atoms with Gasteiger partial charge in [0.1, 0.15) is 24.0 Å². The van der Waals surface area contributed by atoms with Crippen molar-refractivity contribution in [1.29, 1.82) is 5.26 Å². The average Bonchev–Trinajstić information content (AvgIpc) is 3.26. The van der Waals surface area contributed by atoms with Gasteiger partial charge in [-0.25, -0.2) is 4.79 Å². The Bertz CT molecular complexity index is 1240. The van der Waals surface area contributed by atoms with Gasteiger partial charge in [0.05, 0.1) is 6.61 Å². The molecule has 0 fully saturated rings. The van der Waals surface area contributed by atoms with Gasteiger partial charge < -0.3 is 24.3 Å². The quantitative estimate of drug-likeness (QED) is 0.357. The maximum atomic E-state index is 12.5. The maximum absolute atomic E-state index is 12.5. The third-order valence-corrected chi connectivity index (χ3v) is 4.46. The Balaban J connectivity index is 1.77. The summed E-state index contributed by atoms with van der Waals surface area (Å²) in [5, 5.41) is 21.1. The van der Waals surface area contributed by atoms with Crippen LogP contribution in [0.15, 0.2) is 64.6 Å². The summed E-state index contributed by atoms with van der Waals surface area (Å²) in [6, 6.07) is 17.1. The van der Waals surface area contributed by atoms with Gasteiger partial charge in [-0.3, -0.25) is 4.79 Å². The molecule has 0 aliphatic carbocycles. The third kappa shape index (κ3) is 6.24. The fourth-order valence-electron chi connectivity index (χ4n) is 2.96. The van der Waals surface area contributed by atoms with Crippen LogP contribution in [0.2, 0.25) is 0 Å². The van der Waals surface area contributed by atoms with E-state index in [9.17, 15) is 14.9 Å². The highest BCUT2D eigenvalue weighted by Gasteiger charge is 2.13. The summed E-state index contributed by atoms with van der Waals surface area (Å²) in [7, 11) is 0. The zero-order valence-electron chi connectivity index (χ0n) is 18.1. The number of carboxylic acids is 1. The van der Waals surface area contributed by atoms with Crippen molar-refractivity contribution in [2.75, 3.05) is 11.9 Å². The number of amides is 1. The lowest BCUT2D eigenvalue weighted by atomic mass is 10.1. The number of nitrogens with zero attached hydrogens (tertiary/aromatic N) is 1. The molecule has 1 amide bonds. The molecule has 0 aliphatic rings. The molecule has 0 atom stereocenters. The van der Waals surface area contributed by atoms with Gasteiger partial charge in [0.2, 0.25) is 5.76 Å². The van der Waals surface area contributed by atoms with E-state index in [-0.39, 0.29) is 17.9 Å². The van der Waals surface area contributed by atoms with E-state index in [1.807, 2.05) is 38.1 Å². The maximum Gasteiger partial charge on any atom is 0.371 e. The van der Waals surface area contributed by atoms with Gasteiger partial charge in [-0.2, -0.15) is 5.26 Å². The van der Waals surface area contributed by atoms with E-state index in [0.717, 1.165) is 5.56 Å². The highest BCUT2D eigenvalue weighted by molar-refractivity contribution is 6.09. The minimum absolute atomic E-state index is 0.00485. The van der Waals surface area contributed by atoms with E-state index in [0.29, 0.717) is 35.1 Å². The van der Waals surface area contributed by atoms with Gasteiger partial charge in [-0.05, 0) is 67.4 Å². The molecule has 0 unspecified atom stereocenters. The SMILES string of the molecule is CCOc1cc(C=C(C#N)C(=O)Nc2cccc(C)c2)ccc1OCc1ccc(C(=O)O)o1. The summed E-state index contributed by atoms with van der Waals surface area (Å²) in [5.74, 6) is -0.691. The van der Waals surface area contributed by atoms with Crippen LogP contribution in [-0.2, 0) is 11.4 Å². The molecule has 0 spiro atoms. The minimum atomic E-state index is -1.16. The molecule has 0 bridgehead atoms. The van der Waals surface area contributed by atoms with Crippen LogP contribution < -0.4 is 14.8 Å². The Hall–Kier alpha value is -4.51. The molecule has 33 heavy (non-hydrogen) atoms. The number of hydrogen-bond acceptors (Lipinski definition) is 6. The van der Waals surface area contributed by atoms with Crippen LogP contribution in [-0.4, -0.2) is 23.6 Å². The molecule has 0 saturated heterocycles. The molecule has 3 aromatic rings. The average molecular weight is 446 g/mol. The second-order valence-corrected chi connectivity index (χ2v) is 6.99. The molecule has 168 valence electrons. The number of nitriles is 1. The van der Waals surface area contributed by atoms with Crippen molar-refractivity contribution in [1.82, 2.24) is 0 Å². The lowest BCUT2D eigenvalue weighted by Crippen LogP contribution is -2.13. The van der Waals surface area contributed by atoms with Crippen molar-refractivity contribution in [3.63, 3.8) is 0 Å². The van der Waals surface area contributed by atoms with E-state index >= 15 is 0 Å². The molecule has 8 nitrogen and oxygen atoms in total. The van der Waals surface area contributed by atoms with Gasteiger partial charge in [0.15, 0.2) is 11.5 Å². The summed E-state index contributed by atoms with van der Waals surface area (Å²) in [6.07, 6.45) is 1.46. The molecule has 1 heterocycles. The summed E-state index contributed by atoms with van der Waals surface area (Å²) in [4.78, 5) is 23.5. The first-order chi connectivity index (χ1) is 15.9. The molecule has 0 saturated carbocycles. The smallest absolute Gasteiger partial charge is 0.371 e.